The molecule has 1 aliphatic rings. The SMILES string of the molecule is COc1ccc(CCN(C(=O)CC(C)(C)C)C2CC(=O)N(c3ccc(OC(C)=O)cc3)C2=O)cc1OC. The third-order valence-electron chi connectivity index (χ3n) is 5.95. The molecule has 2 aromatic carbocycles. The Morgan fingerprint density at radius 3 is 2.22 bits per heavy atom. The Labute approximate surface area is 217 Å². The van der Waals surface area contributed by atoms with Crippen LogP contribution in [0, 0.1) is 5.41 Å². The number of amides is 3. The Balaban J connectivity index is 1.84. The maximum Gasteiger partial charge on any atom is 0.308 e. The summed E-state index contributed by atoms with van der Waals surface area (Å²) in [6.45, 7) is 7.41. The number of anilines is 1. The van der Waals surface area contributed by atoms with Gasteiger partial charge in [-0.3, -0.25) is 19.2 Å². The van der Waals surface area contributed by atoms with E-state index in [1.165, 1.54) is 24.0 Å². The lowest BCUT2D eigenvalue weighted by molar-refractivity contribution is -0.139. The van der Waals surface area contributed by atoms with E-state index in [1.54, 1.807) is 32.4 Å². The highest BCUT2D eigenvalue weighted by atomic mass is 16.5. The van der Waals surface area contributed by atoms with Gasteiger partial charge < -0.3 is 19.1 Å². The third-order valence-corrected chi connectivity index (χ3v) is 5.95. The molecule has 0 spiro atoms. The van der Waals surface area contributed by atoms with Crippen molar-refractivity contribution in [1.29, 1.82) is 0 Å². The van der Waals surface area contributed by atoms with Gasteiger partial charge >= 0.3 is 5.97 Å². The maximum atomic E-state index is 13.5. The van der Waals surface area contributed by atoms with E-state index in [0.717, 1.165) is 10.5 Å². The molecular formula is C28H34N2O7. The van der Waals surface area contributed by atoms with Crippen molar-refractivity contribution in [3.05, 3.63) is 48.0 Å². The monoisotopic (exact) mass is 510 g/mol. The molecule has 1 aliphatic heterocycles. The first kappa shape index (κ1) is 27.7. The average Bonchev–Trinajstić information content (AvgIpc) is 3.11. The van der Waals surface area contributed by atoms with Gasteiger partial charge in [-0.05, 0) is 53.8 Å². The zero-order chi connectivity index (χ0) is 27.3. The summed E-state index contributed by atoms with van der Waals surface area (Å²) < 4.78 is 15.7. The van der Waals surface area contributed by atoms with E-state index in [2.05, 4.69) is 0 Å². The normalized spacial score (nSPS) is 15.5. The third kappa shape index (κ3) is 6.87. The van der Waals surface area contributed by atoms with Crippen LogP contribution in [0.5, 0.6) is 17.2 Å². The van der Waals surface area contributed by atoms with Gasteiger partial charge in [0.05, 0.1) is 26.3 Å². The standard InChI is InChI=1S/C28H34N2O7/c1-18(31)37-21-10-8-20(9-11-21)30-25(32)16-22(27(30)34)29(26(33)17-28(2,3)4)14-13-19-7-12-23(35-5)24(15-19)36-6/h7-12,15,22H,13-14,16-17H2,1-6H3. The topological polar surface area (TPSA) is 102 Å². The van der Waals surface area contributed by atoms with Crippen LogP contribution in [0.3, 0.4) is 0 Å². The summed E-state index contributed by atoms with van der Waals surface area (Å²) in [5.41, 5.74) is 0.966. The fourth-order valence-electron chi connectivity index (χ4n) is 4.26. The summed E-state index contributed by atoms with van der Waals surface area (Å²) >= 11 is 0. The van der Waals surface area contributed by atoms with Crippen LogP contribution in [0.15, 0.2) is 42.5 Å². The van der Waals surface area contributed by atoms with Crippen LogP contribution in [0.1, 0.15) is 46.1 Å². The van der Waals surface area contributed by atoms with Crippen LogP contribution >= 0.6 is 0 Å². The molecule has 1 unspecified atom stereocenters. The number of carbonyl (C=O) groups excluding carboxylic acids is 4. The number of nitrogens with zero attached hydrogens (tertiary/aromatic N) is 2. The van der Waals surface area contributed by atoms with Crippen molar-refractivity contribution in [3.63, 3.8) is 0 Å². The molecule has 3 rings (SSSR count). The number of imide groups is 1. The molecular weight excluding hydrogens is 476 g/mol. The van der Waals surface area contributed by atoms with E-state index in [-0.39, 0.29) is 30.7 Å². The molecule has 37 heavy (non-hydrogen) atoms. The van der Waals surface area contributed by atoms with Gasteiger partial charge in [-0.25, -0.2) is 4.90 Å². The van der Waals surface area contributed by atoms with Crippen molar-refractivity contribution in [3.8, 4) is 17.2 Å². The fourth-order valence-corrected chi connectivity index (χ4v) is 4.26. The largest absolute Gasteiger partial charge is 0.493 e. The highest BCUT2D eigenvalue weighted by molar-refractivity contribution is 6.23. The Kier molecular flexibility index (Phi) is 8.57. The number of ether oxygens (including phenoxy) is 3. The number of benzene rings is 2. The quantitative estimate of drug-likeness (QED) is 0.287. The van der Waals surface area contributed by atoms with E-state index >= 15 is 0 Å². The number of carbonyl (C=O) groups is 4. The van der Waals surface area contributed by atoms with Gasteiger partial charge in [0.2, 0.25) is 11.8 Å². The zero-order valence-electron chi connectivity index (χ0n) is 22.2. The second-order valence-corrected chi connectivity index (χ2v) is 10.1. The Hall–Kier alpha value is -3.88. The minimum absolute atomic E-state index is 0.105. The first-order chi connectivity index (χ1) is 17.4. The lowest BCUT2D eigenvalue weighted by atomic mass is 9.91. The van der Waals surface area contributed by atoms with Crippen molar-refractivity contribution in [2.75, 3.05) is 25.7 Å². The Bertz CT molecular complexity index is 1170. The second kappa shape index (κ2) is 11.5. The van der Waals surface area contributed by atoms with E-state index in [0.29, 0.717) is 29.4 Å². The van der Waals surface area contributed by atoms with Crippen LogP contribution < -0.4 is 19.1 Å². The lowest BCUT2D eigenvalue weighted by Gasteiger charge is -2.30. The summed E-state index contributed by atoms with van der Waals surface area (Å²) in [5, 5.41) is 0. The Morgan fingerprint density at radius 2 is 1.65 bits per heavy atom. The number of hydrogen-bond acceptors (Lipinski definition) is 7. The minimum Gasteiger partial charge on any atom is -0.493 e. The number of methoxy groups -OCH3 is 2. The van der Waals surface area contributed by atoms with Crippen molar-refractivity contribution in [2.24, 2.45) is 5.41 Å². The lowest BCUT2D eigenvalue weighted by Crippen LogP contribution is -2.47. The number of hydrogen-bond donors (Lipinski definition) is 0. The van der Waals surface area contributed by atoms with Gasteiger partial charge in [-0.15, -0.1) is 0 Å². The van der Waals surface area contributed by atoms with Gasteiger partial charge in [0.15, 0.2) is 11.5 Å². The minimum atomic E-state index is -0.907. The summed E-state index contributed by atoms with van der Waals surface area (Å²) in [6.07, 6.45) is 0.589. The summed E-state index contributed by atoms with van der Waals surface area (Å²) in [7, 11) is 3.11. The van der Waals surface area contributed by atoms with E-state index in [4.69, 9.17) is 14.2 Å². The van der Waals surface area contributed by atoms with Crippen LogP contribution in [-0.2, 0) is 25.6 Å². The average molecular weight is 511 g/mol. The maximum absolute atomic E-state index is 13.5. The van der Waals surface area contributed by atoms with Crippen LogP contribution in [-0.4, -0.2) is 55.4 Å². The zero-order valence-corrected chi connectivity index (χ0v) is 22.2. The van der Waals surface area contributed by atoms with Gasteiger partial charge in [0.1, 0.15) is 11.8 Å². The van der Waals surface area contributed by atoms with Gasteiger partial charge in [-0.2, -0.15) is 0 Å². The molecule has 0 saturated carbocycles. The molecule has 198 valence electrons. The molecule has 1 fully saturated rings. The molecule has 9 nitrogen and oxygen atoms in total. The Morgan fingerprint density at radius 1 is 1.00 bits per heavy atom. The molecule has 9 heteroatoms. The van der Waals surface area contributed by atoms with Gasteiger partial charge in [-0.1, -0.05) is 26.8 Å². The molecule has 0 bridgehead atoms. The smallest absolute Gasteiger partial charge is 0.308 e. The molecule has 2 aromatic rings. The van der Waals surface area contributed by atoms with E-state index in [9.17, 15) is 19.2 Å². The van der Waals surface area contributed by atoms with Crippen molar-refractivity contribution in [2.45, 2.75) is 53.0 Å². The van der Waals surface area contributed by atoms with Crippen molar-refractivity contribution in [1.82, 2.24) is 4.90 Å². The van der Waals surface area contributed by atoms with E-state index in [1.807, 2.05) is 32.9 Å². The predicted octanol–water partition coefficient (Wildman–Crippen LogP) is 3.77. The van der Waals surface area contributed by atoms with Crippen molar-refractivity contribution < 1.29 is 33.4 Å². The molecule has 3 amide bonds. The molecule has 0 radical (unpaired) electrons. The highest BCUT2D eigenvalue weighted by Crippen LogP contribution is 2.31. The van der Waals surface area contributed by atoms with Gasteiger partial charge in [0, 0.05) is 19.9 Å². The molecule has 0 aromatic heterocycles. The first-order valence-electron chi connectivity index (χ1n) is 12.1. The van der Waals surface area contributed by atoms with Crippen LogP contribution in [0.2, 0.25) is 0 Å². The van der Waals surface area contributed by atoms with Gasteiger partial charge in [0.25, 0.3) is 5.91 Å². The molecule has 0 N–H and O–H groups in total. The van der Waals surface area contributed by atoms with Crippen molar-refractivity contribution >= 4 is 29.4 Å². The molecule has 0 aliphatic carbocycles. The highest BCUT2D eigenvalue weighted by Gasteiger charge is 2.44. The number of rotatable bonds is 9. The molecule has 1 atom stereocenters. The molecule has 1 saturated heterocycles. The summed E-state index contributed by atoms with van der Waals surface area (Å²) in [5.74, 6) is -0.0322. The van der Waals surface area contributed by atoms with Crippen LogP contribution in [0.25, 0.3) is 0 Å². The second-order valence-electron chi connectivity index (χ2n) is 10.1. The predicted molar refractivity (Wildman–Crippen MR) is 138 cm³/mol. The summed E-state index contributed by atoms with van der Waals surface area (Å²) in [4.78, 5) is 53.6. The molecule has 1 heterocycles. The van der Waals surface area contributed by atoms with E-state index < -0.39 is 23.8 Å². The fraction of sp³-hybridized carbons (Fsp3) is 0.429. The number of esters is 1. The van der Waals surface area contributed by atoms with Crippen LogP contribution in [0.4, 0.5) is 5.69 Å². The first-order valence-corrected chi connectivity index (χ1v) is 12.1. The summed E-state index contributed by atoms with van der Waals surface area (Å²) in [6, 6.07) is 10.7.